The second-order valence-electron chi connectivity index (χ2n) is 7.07. The van der Waals surface area contributed by atoms with Gasteiger partial charge in [-0.25, -0.2) is 9.59 Å². The molecule has 0 N–H and O–H groups in total. The lowest BCUT2D eigenvalue weighted by molar-refractivity contribution is -0.384. The summed E-state index contributed by atoms with van der Waals surface area (Å²) in [6, 6.07) is 7.61. The molecule has 1 aromatic heterocycles. The van der Waals surface area contributed by atoms with E-state index in [2.05, 4.69) is 4.98 Å². The summed E-state index contributed by atoms with van der Waals surface area (Å²) in [5, 5.41) is 19.9. The normalized spacial score (nSPS) is 10.5. The fourth-order valence-electron chi connectivity index (χ4n) is 3.07. The van der Waals surface area contributed by atoms with E-state index in [9.17, 15) is 19.7 Å². The average Bonchev–Trinajstić information content (AvgIpc) is 2.69. The Morgan fingerprint density at radius 3 is 2.42 bits per heavy atom. The number of nitrogens with zero attached hydrogens (tertiary/aromatic N) is 3. The first-order valence-electron chi connectivity index (χ1n) is 9.68. The zero-order valence-electron chi connectivity index (χ0n) is 17.8. The number of nitro groups is 1. The Hall–Kier alpha value is -3.80. The number of esters is 2. The first kappa shape index (κ1) is 23.5. The summed E-state index contributed by atoms with van der Waals surface area (Å²) >= 11 is 0. The average molecular weight is 425 g/mol. The van der Waals surface area contributed by atoms with Crippen LogP contribution in [0.3, 0.4) is 0 Å². The molecule has 31 heavy (non-hydrogen) atoms. The first-order chi connectivity index (χ1) is 14.7. The van der Waals surface area contributed by atoms with Gasteiger partial charge in [0.25, 0.3) is 5.69 Å². The fourth-order valence-corrected chi connectivity index (χ4v) is 3.07. The zero-order valence-corrected chi connectivity index (χ0v) is 17.8. The molecule has 2 rings (SSSR count). The number of pyridine rings is 1. The van der Waals surface area contributed by atoms with Crippen LogP contribution in [0.2, 0.25) is 0 Å². The Morgan fingerprint density at radius 2 is 1.84 bits per heavy atom. The van der Waals surface area contributed by atoms with Gasteiger partial charge in [0.15, 0.2) is 0 Å². The lowest BCUT2D eigenvalue weighted by atomic mass is 9.92. The molecule has 1 aromatic carbocycles. The minimum absolute atomic E-state index is 0.0138. The van der Waals surface area contributed by atoms with E-state index < -0.39 is 23.0 Å². The van der Waals surface area contributed by atoms with Gasteiger partial charge in [-0.15, -0.1) is 0 Å². The van der Waals surface area contributed by atoms with Gasteiger partial charge in [-0.1, -0.05) is 12.1 Å². The van der Waals surface area contributed by atoms with Gasteiger partial charge < -0.3 is 9.47 Å². The summed E-state index contributed by atoms with van der Waals surface area (Å²) < 4.78 is 10.6. The molecule has 2 aromatic rings. The number of nitriles is 1. The third-order valence-electron chi connectivity index (χ3n) is 4.32. The smallest absolute Gasteiger partial charge is 0.340 e. The number of aryl methyl sites for hydroxylation is 2. The second-order valence-corrected chi connectivity index (χ2v) is 7.07. The predicted octanol–water partition coefficient (Wildman–Crippen LogP) is 4.30. The van der Waals surface area contributed by atoms with Gasteiger partial charge in [0, 0.05) is 24.1 Å². The Bertz CT molecular complexity index is 1060. The summed E-state index contributed by atoms with van der Waals surface area (Å²) in [4.78, 5) is 40.9. The number of non-ortho nitro benzene ring substituents is 1. The van der Waals surface area contributed by atoms with Crippen LogP contribution >= 0.6 is 0 Å². The standard InChI is InChI=1S/C22H23N3O6/c1-13(2)31-22(27)19-15(4)24-14(3)18(21(26)30-11-6-5-10-23)20(19)16-8-7-9-17(12-16)25(28)29/h7-9,12-13H,5-6,11H2,1-4H3. The Labute approximate surface area is 179 Å². The highest BCUT2D eigenvalue weighted by molar-refractivity contribution is 6.07. The molecule has 0 unspecified atom stereocenters. The summed E-state index contributed by atoms with van der Waals surface area (Å²) in [6.07, 6.45) is 0.157. The maximum absolute atomic E-state index is 12.9. The number of nitro benzene ring substituents is 1. The third kappa shape index (κ3) is 5.63. The Morgan fingerprint density at radius 1 is 1.19 bits per heavy atom. The SMILES string of the molecule is Cc1nc(C)c(C(=O)OC(C)C)c(-c2cccc([N+](=O)[O-])c2)c1C(=O)OCCCC#N. The molecule has 0 amide bonds. The van der Waals surface area contributed by atoms with Crippen molar-refractivity contribution >= 4 is 17.6 Å². The Balaban J connectivity index is 2.73. The molecule has 0 spiro atoms. The number of rotatable bonds is 8. The molecule has 0 atom stereocenters. The van der Waals surface area contributed by atoms with Crippen LogP contribution in [0.25, 0.3) is 11.1 Å². The van der Waals surface area contributed by atoms with Crippen LogP contribution in [0.1, 0.15) is 58.8 Å². The van der Waals surface area contributed by atoms with E-state index in [1.54, 1.807) is 33.8 Å². The zero-order chi connectivity index (χ0) is 23.1. The first-order valence-corrected chi connectivity index (χ1v) is 9.68. The van der Waals surface area contributed by atoms with Crippen LogP contribution in [-0.4, -0.2) is 34.6 Å². The van der Waals surface area contributed by atoms with Crippen molar-refractivity contribution in [2.45, 2.75) is 46.6 Å². The van der Waals surface area contributed by atoms with Crippen molar-refractivity contribution in [1.29, 1.82) is 5.26 Å². The minimum Gasteiger partial charge on any atom is -0.462 e. The number of benzene rings is 1. The molecule has 0 saturated carbocycles. The molecule has 0 saturated heterocycles. The maximum Gasteiger partial charge on any atom is 0.340 e. The van der Waals surface area contributed by atoms with E-state index in [-0.39, 0.29) is 35.4 Å². The molecule has 0 aliphatic rings. The lowest BCUT2D eigenvalue weighted by Crippen LogP contribution is -2.19. The molecule has 0 radical (unpaired) electrons. The molecule has 9 nitrogen and oxygen atoms in total. The molecule has 9 heteroatoms. The number of carbonyl (C=O) groups is 2. The summed E-state index contributed by atoms with van der Waals surface area (Å²) in [7, 11) is 0. The highest BCUT2D eigenvalue weighted by Crippen LogP contribution is 2.34. The van der Waals surface area contributed by atoms with E-state index in [1.165, 1.54) is 18.2 Å². The molecular formula is C22H23N3O6. The predicted molar refractivity (Wildman–Crippen MR) is 111 cm³/mol. The summed E-state index contributed by atoms with van der Waals surface area (Å²) in [5.74, 6) is -1.43. The van der Waals surface area contributed by atoms with Crippen LogP contribution < -0.4 is 0 Å². The van der Waals surface area contributed by atoms with Crippen LogP contribution in [0.5, 0.6) is 0 Å². The molecule has 0 aliphatic heterocycles. The van der Waals surface area contributed by atoms with Crippen molar-refractivity contribution in [3.05, 3.63) is 56.9 Å². The van der Waals surface area contributed by atoms with Gasteiger partial charge in [0.1, 0.15) is 0 Å². The highest BCUT2D eigenvalue weighted by atomic mass is 16.6. The van der Waals surface area contributed by atoms with Gasteiger partial charge in [0.05, 0.1) is 46.2 Å². The number of ether oxygens (including phenoxy) is 2. The van der Waals surface area contributed by atoms with Crippen LogP contribution in [-0.2, 0) is 9.47 Å². The van der Waals surface area contributed by atoms with E-state index in [4.69, 9.17) is 14.7 Å². The van der Waals surface area contributed by atoms with E-state index in [0.717, 1.165) is 0 Å². The molecule has 0 fully saturated rings. The molecule has 0 bridgehead atoms. The quantitative estimate of drug-likeness (QED) is 0.265. The maximum atomic E-state index is 12.9. The molecule has 1 heterocycles. The number of aromatic nitrogens is 1. The van der Waals surface area contributed by atoms with Crippen molar-refractivity contribution in [2.24, 2.45) is 0 Å². The number of carbonyl (C=O) groups excluding carboxylic acids is 2. The number of hydrogen-bond donors (Lipinski definition) is 0. The van der Waals surface area contributed by atoms with Crippen LogP contribution in [0.4, 0.5) is 5.69 Å². The molecule has 162 valence electrons. The highest BCUT2D eigenvalue weighted by Gasteiger charge is 2.29. The lowest BCUT2D eigenvalue weighted by Gasteiger charge is -2.19. The van der Waals surface area contributed by atoms with Crippen LogP contribution in [0.15, 0.2) is 24.3 Å². The van der Waals surface area contributed by atoms with Gasteiger partial charge in [-0.2, -0.15) is 5.26 Å². The molecule has 0 aliphatic carbocycles. The largest absolute Gasteiger partial charge is 0.462 e. The molecular weight excluding hydrogens is 402 g/mol. The van der Waals surface area contributed by atoms with Gasteiger partial charge in [-0.3, -0.25) is 15.1 Å². The third-order valence-corrected chi connectivity index (χ3v) is 4.32. The van der Waals surface area contributed by atoms with Gasteiger partial charge in [-0.05, 0) is 39.7 Å². The fraction of sp³-hybridized carbons (Fsp3) is 0.364. The van der Waals surface area contributed by atoms with Crippen molar-refractivity contribution < 1.29 is 24.0 Å². The van der Waals surface area contributed by atoms with E-state index in [1.807, 2.05) is 6.07 Å². The Kier molecular flexibility index (Phi) is 7.80. The summed E-state index contributed by atoms with van der Waals surface area (Å²) in [5.41, 5.74) is 0.979. The van der Waals surface area contributed by atoms with Crippen molar-refractivity contribution in [2.75, 3.05) is 6.61 Å². The summed E-state index contributed by atoms with van der Waals surface area (Å²) in [6.45, 7) is 6.59. The number of unbranched alkanes of at least 4 members (excludes halogenated alkanes) is 1. The van der Waals surface area contributed by atoms with Crippen molar-refractivity contribution in [3.8, 4) is 17.2 Å². The number of hydrogen-bond acceptors (Lipinski definition) is 8. The van der Waals surface area contributed by atoms with Crippen molar-refractivity contribution in [1.82, 2.24) is 4.98 Å². The van der Waals surface area contributed by atoms with Crippen molar-refractivity contribution in [3.63, 3.8) is 0 Å². The van der Waals surface area contributed by atoms with E-state index >= 15 is 0 Å². The van der Waals surface area contributed by atoms with Gasteiger partial charge >= 0.3 is 11.9 Å². The monoisotopic (exact) mass is 425 g/mol. The van der Waals surface area contributed by atoms with Crippen LogP contribution in [0, 0.1) is 35.3 Å². The second kappa shape index (κ2) is 10.3. The van der Waals surface area contributed by atoms with E-state index in [0.29, 0.717) is 23.4 Å². The van der Waals surface area contributed by atoms with Gasteiger partial charge in [0.2, 0.25) is 0 Å². The minimum atomic E-state index is -0.733. The topological polar surface area (TPSA) is 132 Å².